The van der Waals surface area contributed by atoms with Crippen LogP contribution in [0.5, 0.6) is 0 Å². The quantitative estimate of drug-likeness (QED) is 0.458. The van der Waals surface area contributed by atoms with E-state index in [2.05, 4.69) is 10.6 Å². The van der Waals surface area contributed by atoms with Gasteiger partial charge in [-0.1, -0.05) is 0 Å². The van der Waals surface area contributed by atoms with E-state index in [4.69, 9.17) is 0 Å². The summed E-state index contributed by atoms with van der Waals surface area (Å²) in [5, 5.41) is 15.5. The average Bonchev–Trinajstić information content (AvgIpc) is 3.09. The minimum Gasteiger partial charge on any atom is -0.393 e. The molecule has 34 heavy (non-hydrogen) atoms. The molecule has 0 atom stereocenters. The number of carbonyl (C=O) groups excluding carboxylic acids is 3. The van der Waals surface area contributed by atoms with Crippen molar-refractivity contribution in [3.63, 3.8) is 0 Å². The number of fused-ring (bicyclic) bond motifs is 1. The summed E-state index contributed by atoms with van der Waals surface area (Å²) >= 11 is 0. The number of aliphatic hydroxyl groups is 1. The Morgan fingerprint density at radius 2 is 1.85 bits per heavy atom. The van der Waals surface area contributed by atoms with Crippen LogP contribution >= 0.6 is 0 Å². The van der Waals surface area contributed by atoms with E-state index in [1.807, 2.05) is 11.5 Å². The molecule has 0 spiro atoms. The highest BCUT2D eigenvalue weighted by Crippen LogP contribution is 2.31. The molecular formula is C26H32FN3O4. The first-order valence-corrected chi connectivity index (χ1v) is 11.9. The molecule has 4 rings (SSSR count). The maximum absolute atomic E-state index is 13.6. The molecule has 182 valence electrons. The number of rotatable bonds is 5. The van der Waals surface area contributed by atoms with Crippen LogP contribution in [0.3, 0.4) is 0 Å². The molecule has 2 aliphatic rings. The van der Waals surface area contributed by atoms with E-state index in [1.165, 1.54) is 12.1 Å². The molecule has 0 saturated heterocycles. The zero-order chi connectivity index (χ0) is 24.6. The van der Waals surface area contributed by atoms with Gasteiger partial charge in [0.2, 0.25) is 0 Å². The highest BCUT2D eigenvalue weighted by atomic mass is 19.1. The second-order valence-corrected chi connectivity index (χ2v) is 9.90. The third-order valence-electron chi connectivity index (χ3n) is 7.20. The highest BCUT2D eigenvalue weighted by Gasteiger charge is 2.36. The number of Topliss-reactive ketones (excluding diaryl/α,β-unsaturated/α-hetero) is 1. The Hall–Kier alpha value is -3.00. The molecule has 2 heterocycles. The van der Waals surface area contributed by atoms with Crippen molar-refractivity contribution in [1.82, 2.24) is 9.88 Å². The Balaban J connectivity index is 1.62. The molecule has 0 bridgehead atoms. The first-order chi connectivity index (χ1) is 16.1. The molecule has 8 heteroatoms. The summed E-state index contributed by atoms with van der Waals surface area (Å²) in [7, 11) is 0. The molecule has 0 radical (unpaired) electrons. The average molecular weight is 470 g/mol. The summed E-state index contributed by atoms with van der Waals surface area (Å²) < 4.78 is 15.4. The number of aryl methyl sites for hydroxylation is 1. The third-order valence-corrected chi connectivity index (χ3v) is 7.20. The van der Waals surface area contributed by atoms with Gasteiger partial charge in [-0.05, 0) is 95.0 Å². The fourth-order valence-corrected chi connectivity index (χ4v) is 5.19. The van der Waals surface area contributed by atoms with Crippen LogP contribution in [0.2, 0.25) is 0 Å². The molecule has 3 N–H and O–H groups in total. The van der Waals surface area contributed by atoms with E-state index in [0.29, 0.717) is 61.0 Å². The number of hydrogen-bond acceptors (Lipinski definition) is 4. The van der Waals surface area contributed by atoms with Gasteiger partial charge in [-0.3, -0.25) is 14.4 Å². The van der Waals surface area contributed by atoms with Crippen LogP contribution in [-0.4, -0.2) is 38.9 Å². The Kier molecular flexibility index (Phi) is 6.62. The van der Waals surface area contributed by atoms with Crippen molar-refractivity contribution < 1.29 is 23.9 Å². The lowest BCUT2D eigenvalue weighted by Gasteiger charge is -2.36. The van der Waals surface area contributed by atoms with Crippen molar-refractivity contribution in [2.45, 2.75) is 83.9 Å². The van der Waals surface area contributed by atoms with Gasteiger partial charge in [0.1, 0.15) is 5.82 Å². The first-order valence-electron chi connectivity index (χ1n) is 11.9. The number of halogens is 1. The molecule has 7 nitrogen and oxygen atoms in total. The van der Waals surface area contributed by atoms with E-state index in [-0.39, 0.29) is 23.5 Å². The molecule has 1 aliphatic carbocycles. The fraction of sp³-hybridized carbons (Fsp3) is 0.500. The minimum absolute atomic E-state index is 0.257. The van der Waals surface area contributed by atoms with Crippen molar-refractivity contribution in [1.29, 1.82) is 0 Å². The predicted molar refractivity (Wildman–Crippen MR) is 127 cm³/mol. The zero-order valence-electron chi connectivity index (χ0n) is 20.0. The topological polar surface area (TPSA) is 100 Å². The molecule has 2 aromatic rings. The number of hydrogen-bond donors (Lipinski definition) is 3. The number of aromatic nitrogens is 1. The van der Waals surface area contributed by atoms with Crippen molar-refractivity contribution in [2.75, 3.05) is 5.32 Å². The summed E-state index contributed by atoms with van der Waals surface area (Å²) in [5.74, 6) is -2.06. The summed E-state index contributed by atoms with van der Waals surface area (Å²) in [6.07, 6.45) is 4.38. The van der Waals surface area contributed by atoms with Gasteiger partial charge in [-0.2, -0.15) is 0 Å². The lowest BCUT2D eigenvalue weighted by Crippen LogP contribution is -2.51. The maximum atomic E-state index is 13.6. The van der Waals surface area contributed by atoms with E-state index in [1.54, 1.807) is 19.9 Å². The van der Waals surface area contributed by atoms with Gasteiger partial charge in [-0.25, -0.2) is 4.39 Å². The number of ketones is 1. The van der Waals surface area contributed by atoms with Gasteiger partial charge in [0.25, 0.3) is 17.6 Å². The standard InChI is InChI=1S/C26H32FN3O4/c1-15-14-17(7-8-19(15)27)28-24(33)21-16(2)22(30-13-5-4-6-20(21)30)23(32)25(34)29-26(3)11-9-18(31)10-12-26/h7-8,14,18,31H,4-6,9-13H2,1-3H3,(H,28,33)(H,29,34). The molecule has 1 fully saturated rings. The Bertz CT molecular complexity index is 1150. The van der Waals surface area contributed by atoms with E-state index in [9.17, 15) is 23.9 Å². The molecular weight excluding hydrogens is 437 g/mol. The second kappa shape index (κ2) is 9.33. The van der Waals surface area contributed by atoms with Crippen LogP contribution in [0.15, 0.2) is 18.2 Å². The van der Waals surface area contributed by atoms with Crippen LogP contribution in [0.1, 0.15) is 83.1 Å². The van der Waals surface area contributed by atoms with Gasteiger partial charge in [0.05, 0.1) is 17.4 Å². The number of nitrogens with zero attached hydrogens (tertiary/aromatic N) is 1. The number of aliphatic hydroxyl groups excluding tert-OH is 1. The Labute approximate surface area is 198 Å². The zero-order valence-corrected chi connectivity index (χ0v) is 20.0. The number of carbonyl (C=O) groups is 3. The van der Waals surface area contributed by atoms with E-state index in [0.717, 1.165) is 18.5 Å². The summed E-state index contributed by atoms with van der Waals surface area (Å²) in [6, 6.07) is 4.36. The second-order valence-electron chi connectivity index (χ2n) is 9.90. The molecule has 1 aromatic heterocycles. The van der Waals surface area contributed by atoms with Crippen molar-refractivity contribution in [3.8, 4) is 0 Å². The van der Waals surface area contributed by atoms with Crippen LogP contribution < -0.4 is 10.6 Å². The van der Waals surface area contributed by atoms with Gasteiger partial charge >= 0.3 is 0 Å². The van der Waals surface area contributed by atoms with Crippen molar-refractivity contribution in [2.24, 2.45) is 0 Å². The number of amides is 2. The van der Waals surface area contributed by atoms with Crippen molar-refractivity contribution >= 4 is 23.3 Å². The van der Waals surface area contributed by atoms with Crippen LogP contribution in [0.4, 0.5) is 10.1 Å². The van der Waals surface area contributed by atoms with E-state index < -0.39 is 17.2 Å². The molecule has 0 unspecified atom stereocenters. The number of anilines is 1. The number of nitrogens with one attached hydrogen (secondary N) is 2. The minimum atomic E-state index is -0.686. The fourth-order valence-electron chi connectivity index (χ4n) is 5.19. The van der Waals surface area contributed by atoms with Crippen LogP contribution in [-0.2, 0) is 17.8 Å². The summed E-state index contributed by atoms with van der Waals surface area (Å²) in [4.78, 5) is 39.6. The molecule has 1 saturated carbocycles. The van der Waals surface area contributed by atoms with Crippen LogP contribution in [0.25, 0.3) is 0 Å². The predicted octanol–water partition coefficient (Wildman–Crippen LogP) is 3.83. The first kappa shape index (κ1) is 24.1. The van der Waals surface area contributed by atoms with E-state index >= 15 is 0 Å². The van der Waals surface area contributed by atoms with Gasteiger partial charge in [0, 0.05) is 23.5 Å². The molecule has 1 aliphatic heterocycles. The SMILES string of the molecule is Cc1cc(NC(=O)c2c(C)c(C(=O)C(=O)NC3(C)CCC(O)CC3)n3c2CCCC3)ccc1F. The summed E-state index contributed by atoms with van der Waals surface area (Å²) in [6.45, 7) is 5.79. The highest BCUT2D eigenvalue weighted by molar-refractivity contribution is 6.43. The maximum Gasteiger partial charge on any atom is 0.294 e. The largest absolute Gasteiger partial charge is 0.393 e. The monoisotopic (exact) mass is 469 g/mol. The third kappa shape index (κ3) is 4.64. The van der Waals surface area contributed by atoms with Gasteiger partial charge < -0.3 is 20.3 Å². The van der Waals surface area contributed by atoms with Crippen LogP contribution in [0, 0.1) is 19.7 Å². The van der Waals surface area contributed by atoms with Gasteiger partial charge in [0.15, 0.2) is 0 Å². The summed E-state index contributed by atoms with van der Waals surface area (Å²) in [5.41, 5.74) is 2.25. The smallest absolute Gasteiger partial charge is 0.294 e. The Morgan fingerprint density at radius 3 is 2.53 bits per heavy atom. The van der Waals surface area contributed by atoms with Crippen molar-refractivity contribution in [3.05, 3.63) is 52.1 Å². The lowest BCUT2D eigenvalue weighted by molar-refractivity contribution is -0.119. The number of benzene rings is 1. The molecule has 2 amide bonds. The van der Waals surface area contributed by atoms with Gasteiger partial charge in [-0.15, -0.1) is 0 Å². The Morgan fingerprint density at radius 1 is 1.15 bits per heavy atom. The normalized spacial score (nSPS) is 22.1. The molecule has 1 aromatic carbocycles. The lowest BCUT2D eigenvalue weighted by atomic mass is 9.82.